The highest BCUT2D eigenvalue weighted by Gasteiger charge is 1.90. The van der Waals surface area contributed by atoms with Crippen LogP contribution in [0.1, 0.15) is 6.42 Å². The van der Waals surface area contributed by atoms with Crippen LogP contribution < -0.4 is 5.32 Å². The van der Waals surface area contributed by atoms with Crippen molar-refractivity contribution in [2.45, 2.75) is 6.42 Å². The van der Waals surface area contributed by atoms with E-state index >= 15 is 0 Å². The Morgan fingerprint density at radius 3 is 3.40 bits per heavy atom. The van der Waals surface area contributed by atoms with Gasteiger partial charge in [0.05, 0.1) is 0 Å². The van der Waals surface area contributed by atoms with Crippen LogP contribution in [0.25, 0.3) is 0 Å². The predicted molar refractivity (Wildman–Crippen MR) is 44.3 cm³/mol. The summed E-state index contributed by atoms with van der Waals surface area (Å²) in [5.41, 5.74) is 1.26. The quantitative estimate of drug-likeness (QED) is 0.604. The van der Waals surface area contributed by atoms with Gasteiger partial charge in [-0.2, -0.15) is 0 Å². The second kappa shape index (κ2) is 4.01. The Labute approximate surface area is 61.4 Å². The molecular weight excluding hydrogens is 124 g/mol. The Hall–Kier alpha value is -0.890. The molecule has 1 aliphatic heterocycles. The molecule has 0 amide bonds. The molecular formula is C8H12N2. The van der Waals surface area contributed by atoms with Crippen LogP contribution in [-0.2, 0) is 0 Å². The molecule has 0 unspecified atom stereocenters. The SMILES string of the molecule is CNCC1=CCC=CN=C1. The summed E-state index contributed by atoms with van der Waals surface area (Å²) in [6, 6.07) is 0. The van der Waals surface area contributed by atoms with Crippen LogP contribution in [0.2, 0.25) is 0 Å². The third kappa shape index (κ3) is 2.15. The van der Waals surface area contributed by atoms with Gasteiger partial charge in [-0.15, -0.1) is 0 Å². The maximum Gasteiger partial charge on any atom is 0.0309 e. The van der Waals surface area contributed by atoms with Gasteiger partial charge in [-0.3, -0.25) is 4.99 Å². The summed E-state index contributed by atoms with van der Waals surface area (Å²) in [6.07, 6.45) is 8.93. The van der Waals surface area contributed by atoms with Gasteiger partial charge >= 0.3 is 0 Å². The molecule has 54 valence electrons. The zero-order chi connectivity index (χ0) is 7.23. The lowest BCUT2D eigenvalue weighted by Crippen LogP contribution is -2.10. The lowest BCUT2D eigenvalue weighted by molar-refractivity contribution is 0.902. The molecule has 1 aliphatic rings. The van der Waals surface area contributed by atoms with Crippen molar-refractivity contribution >= 4 is 6.21 Å². The van der Waals surface area contributed by atoms with Crippen LogP contribution in [0, 0.1) is 0 Å². The molecule has 1 heterocycles. The van der Waals surface area contributed by atoms with E-state index in [1.807, 2.05) is 25.5 Å². The van der Waals surface area contributed by atoms with Crippen molar-refractivity contribution in [1.29, 1.82) is 0 Å². The van der Waals surface area contributed by atoms with E-state index in [2.05, 4.69) is 16.4 Å². The fraction of sp³-hybridized carbons (Fsp3) is 0.375. The first-order valence-electron chi connectivity index (χ1n) is 3.45. The molecule has 1 rings (SSSR count). The highest BCUT2D eigenvalue weighted by molar-refractivity contribution is 5.79. The van der Waals surface area contributed by atoms with Gasteiger partial charge < -0.3 is 5.32 Å². The summed E-state index contributed by atoms with van der Waals surface area (Å²) >= 11 is 0. The minimum Gasteiger partial charge on any atom is -0.316 e. The van der Waals surface area contributed by atoms with E-state index in [0.29, 0.717) is 0 Å². The van der Waals surface area contributed by atoms with Gasteiger partial charge in [0, 0.05) is 19.0 Å². The lowest BCUT2D eigenvalue weighted by atomic mass is 10.2. The number of rotatable bonds is 2. The normalized spacial score (nSPS) is 16.7. The summed E-state index contributed by atoms with van der Waals surface area (Å²) in [7, 11) is 1.94. The molecule has 0 atom stereocenters. The molecule has 2 heteroatoms. The number of allylic oxidation sites excluding steroid dienone is 2. The van der Waals surface area contributed by atoms with Crippen molar-refractivity contribution in [2.75, 3.05) is 13.6 Å². The summed E-state index contributed by atoms with van der Waals surface area (Å²) in [5.74, 6) is 0. The van der Waals surface area contributed by atoms with Gasteiger partial charge in [0.25, 0.3) is 0 Å². The zero-order valence-electron chi connectivity index (χ0n) is 6.17. The van der Waals surface area contributed by atoms with Crippen LogP contribution in [0.15, 0.2) is 28.9 Å². The molecule has 0 bridgehead atoms. The van der Waals surface area contributed by atoms with E-state index in [1.165, 1.54) is 5.57 Å². The number of hydrogen-bond donors (Lipinski definition) is 1. The average molecular weight is 136 g/mol. The van der Waals surface area contributed by atoms with Crippen molar-refractivity contribution in [1.82, 2.24) is 5.32 Å². The maximum atomic E-state index is 4.06. The second-order valence-electron chi connectivity index (χ2n) is 2.21. The Bertz CT molecular complexity index is 178. The number of hydrogen-bond acceptors (Lipinski definition) is 2. The monoisotopic (exact) mass is 136 g/mol. The van der Waals surface area contributed by atoms with Gasteiger partial charge in [0.1, 0.15) is 0 Å². The van der Waals surface area contributed by atoms with Crippen molar-refractivity contribution in [2.24, 2.45) is 4.99 Å². The second-order valence-corrected chi connectivity index (χ2v) is 2.21. The Kier molecular flexibility index (Phi) is 2.90. The first kappa shape index (κ1) is 7.22. The molecule has 0 saturated heterocycles. The molecule has 0 aromatic heterocycles. The minimum atomic E-state index is 0.908. The molecule has 0 aromatic rings. The fourth-order valence-corrected chi connectivity index (χ4v) is 0.855. The summed E-state index contributed by atoms with van der Waals surface area (Å²) < 4.78 is 0. The van der Waals surface area contributed by atoms with E-state index in [9.17, 15) is 0 Å². The van der Waals surface area contributed by atoms with Crippen molar-refractivity contribution in [3.8, 4) is 0 Å². The number of likely N-dealkylation sites (N-methyl/N-ethyl adjacent to an activating group) is 1. The topological polar surface area (TPSA) is 24.4 Å². The highest BCUT2D eigenvalue weighted by atomic mass is 14.8. The minimum absolute atomic E-state index is 0.908. The summed E-state index contributed by atoms with van der Waals surface area (Å²) in [6.45, 7) is 0.908. The van der Waals surface area contributed by atoms with E-state index in [4.69, 9.17) is 0 Å². The molecule has 10 heavy (non-hydrogen) atoms. The van der Waals surface area contributed by atoms with Gasteiger partial charge in [-0.05, 0) is 19.0 Å². The predicted octanol–water partition coefficient (Wildman–Crippen LogP) is 1.12. The average Bonchev–Trinajstić information content (AvgIpc) is 2.17. The molecule has 0 spiro atoms. The summed E-state index contributed by atoms with van der Waals surface area (Å²) in [5, 5.41) is 3.08. The first-order chi connectivity index (χ1) is 4.93. The van der Waals surface area contributed by atoms with Crippen molar-refractivity contribution in [3.05, 3.63) is 23.9 Å². The van der Waals surface area contributed by atoms with Crippen LogP contribution in [0.3, 0.4) is 0 Å². The third-order valence-corrected chi connectivity index (χ3v) is 1.33. The standard InChI is InChI=1S/C8H12N2/c1-9-6-8-4-2-3-5-10-7-8/h3-5,7,9H,2,6H2,1H3. The van der Waals surface area contributed by atoms with E-state index in [1.54, 1.807) is 0 Å². The first-order valence-corrected chi connectivity index (χ1v) is 3.45. The molecule has 1 N–H and O–H groups in total. The largest absolute Gasteiger partial charge is 0.316 e. The molecule has 0 fully saturated rings. The lowest BCUT2D eigenvalue weighted by Gasteiger charge is -1.96. The molecule has 2 nitrogen and oxygen atoms in total. The van der Waals surface area contributed by atoms with Crippen LogP contribution in [0.5, 0.6) is 0 Å². The third-order valence-electron chi connectivity index (χ3n) is 1.33. The Balaban J connectivity index is 2.51. The maximum absolute atomic E-state index is 4.06. The highest BCUT2D eigenvalue weighted by Crippen LogP contribution is 1.98. The number of nitrogens with zero attached hydrogens (tertiary/aromatic N) is 1. The summed E-state index contributed by atoms with van der Waals surface area (Å²) in [4.78, 5) is 4.06. The van der Waals surface area contributed by atoms with E-state index in [0.717, 1.165) is 13.0 Å². The number of aliphatic imine (C=N–C) groups is 1. The van der Waals surface area contributed by atoms with E-state index < -0.39 is 0 Å². The van der Waals surface area contributed by atoms with Crippen LogP contribution in [-0.4, -0.2) is 19.8 Å². The molecule has 0 aliphatic carbocycles. The van der Waals surface area contributed by atoms with Crippen molar-refractivity contribution < 1.29 is 0 Å². The Morgan fingerprint density at radius 2 is 2.60 bits per heavy atom. The van der Waals surface area contributed by atoms with E-state index in [-0.39, 0.29) is 0 Å². The molecule has 0 radical (unpaired) electrons. The molecule has 0 aromatic carbocycles. The fourth-order valence-electron chi connectivity index (χ4n) is 0.855. The smallest absolute Gasteiger partial charge is 0.0309 e. The van der Waals surface area contributed by atoms with Gasteiger partial charge in [-0.1, -0.05) is 12.2 Å². The van der Waals surface area contributed by atoms with Gasteiger partial charge in [0.15, 0.2) is 0 Å². The molecule has 0 saturated carbocycles. The number of nitrogens with one attached hydrogen (secondary N) is 1. The zero-order valence-corrected chi connectivity index (χ0v) is 6.17. The van der Waals surface area contributed by atoms with Crippen LogP contribution >= 0.6 is 0 Å². The van der Waals surface area contributed by atoms with Crippen LogP contribution in [0.4, 0.5) is 0 Å². The van der Waals surface area contributed by atoms with Gasteiger partial charge in [-0.25, -0.2) is 0 Å². The van der Waals surface area contributed by atoms with Crippen molar-refractivity contribution in [3.63, 3.8) is 0 Å². The van der Waals surface area contributed by atoms with Gasteiger partial charge in [0.2, 0.25) is 0 Å². The Morgan fingerprint density at radius 1 is 1.70 bits per heavy atom.